The highest BCUT2D eigenvalue weighted by Gasteiger charge is 2.12. The van der Waals surface area contributed by atoms with Crippen LogP contribution in [0.2, 0.25) is 0 Å². The smallest absolute Gasteiger partial charge is 0.123 e. The van der Waals surface area contributed by atoms with Gasteiger partial charge >= 0.3 is 0 Å². The van der Waals surface area contributed by atoms with E-state index < -0.39 is 0 Å². The molecule has 2 aromatic rings. The highest BCUT2D eigenvalue weighted by atomic mass is 16.5. The van der Waals surface area contributed by atoms with Crippen molar-refractivity contribution in [2.45, 2.75) is 13.0 Å². The van der Waals surface area contributed by atoms with Gasteiger partial charge in [-0.1, -0.05) is 36.4 Å². The molecule has 0 bridgehead atoms. The fourth-order valence-electron chi connectivity index (χ4n) is 1.96. The predicted molar refractivity (Wildman–Crippen MR) is 76.6 cm³/mol. The van der Waals surface area contributed by atoms with Crippen molar-refractivity contribution in [1.82, 2.24) is 0 Å². The van der Waals surface area contributed by atoms with Crippen molar-refractivity contribution in [3.8, 4) is 11.5 Å². The summed E-state index contributed by atoms with van der Waals surface area (Å²) in [5.74, 6) is 1.66. The number of hydrogen-bond acceptors (Lipinski definition) is 3. The predicted octanol–water partition coefficient (Wildman–Crippen LogP) is 3.08. The molecule has 100 valence electrons. The second kappa shape index (κ2) is 6.25. The summed E-state index contributed by atoms with van der Waals surface area (Å²) in [6, 6.07) is 15.4. The number of rotatable bonds is 5. The lowest BCUT2D eigenvalue weighted by Gasteiger charge is -2.17. The number of methoxy groups -OCH3 is 1. The van der Waals surface area contributed by atoms with Crippen LogP contribution in [-0.4, -0.2) is 13.7 Å². The van der Waals surface area contributed by atoms with Crippen LogP contribution in [0, 0.1) is 6.92 Å². The van der Waals surface area contributed by atoms with Crippen molar-refractivity contribution in [3.05, 3.63) is 59.7 Å². The number of para-hydroxylation sites is 2. The standard InChI is InChI=1S/C16H19NO2/c1-12-7-3-5-9-15(12)19-11-14(17)13-8-4-6-10-16(13)18-2/h3-10,14H,11,17H2,1-2H3. The molecule has 0 aliphatic carbocycles. The first-order chi connectivity index (χ1) is 9.22. The third kappa shape index (κ3) is 3.26. The molecule has 3 nitrogen and oxygen atoms in total. The van der Waals surface area contributed by atoms with E-state index in [9.17, 15) is 0 Å². The van der Waals surface area contributed by atoms with Crippen molar-refractivity contribution in [2.75, 3.05) is 13.7 Å². The topological polar surface area (TPSA) is 44.5 Å². The Kier molecular flexibility index (Phi) is 4.42. The first-order valence-electron chi connectivity index (χ1n) is 6.29. The van der Waals surface area contributed by atoms with Crippen molar-refractivity contribution >= 4 is 0 Å². The van der Waals surface area contributed by atoms with Crippen LogP contribution in [0.5, 0.6) is 11.5 Å². The molecule has 0 heterocycles. The lowest BCUT2D eigenvalue weighted by molar-refractivity contribution is 0.285. The van der Waals surface area contributed by atoms with E-state index in [1.54, 1.807) is 7.11 Å². The Morgan fingerprint density at radius 1 is 1.00 bits per heavy atom. The maximum Gasteiger partial charge on any atom is 0.123 e. The van der Waals surface area contributed by atoms with Gasteiger partial charge in [-0.05, 0) is 24.6 Å². The average Bonchev–Trinajstić information content (AvgIpc) is 2.46. The Morgan fingerprint density at radius 2 is 1.63 bits per heavy atom. The van der Waals surface area contributed by atoms with Crippen molar-refractivity contribution in [3.63, 3.8) is 0 Å². The Hall–Kier alpha value is -2.00. The molecule has 0 fully saturated rings. The fraction of sp³-hybridized carbons (Fsp3) is 0.250. The normalized spacial score (nSPS) is 11.9. The lowest BCUT2D eigenvalue weighted by atomic mass is 10.1. The van der Waals surface area contributed by atoms with Gasteiger partial charge in [0, 0.05) is 5.56 Å². The summed E-state index contributed by atoms with van der Waals surface area (Å²) in [4.78, 5) is 0. The molecule has 0 aliphatic heterocycles. The maximum atomic E-state index is 6.16. The zero-order chi connectivity index (χ0) is 13.7. The van der Waals surface area contributed by atoms with E-state index in [2.05, 4.69) is 0 Å². The van der Waals surface area contributed by atoms with Gasteiger partial charge in [-0.25, -0.2) is 0 Å². The molecular formula is C16H19NO2. The minimum absolute atomic E-state index is 0.212. The monoisotopic (exact) mass is 257 g/mol. The van der Waals surface area contributed by atoms with Crippen LogP contribution in [-0.2, 0) is 0 Å². The average molecular weight is 257 g/mol. The summed E-state index contributed by atoms with van der Waals surface area (Å²) in [5.41, 5.74) is 8.23. The molecule has 1 atom stereocenters. The highest BCUT2D eigenvalue weighted by Crippen LogP contribution is 2.24. The van der Waals surface area contributed by atoms with Crippen LogP contribution in [0.15, 0.2) is 48.5 Å². The molecule has 0 radical (unpaired) electrons. The molecule has 0 aliphatic rings. The number of ether oxygens (including phenoxy) is 2. The summed E-state index contributed by atoms with van der Waals surface area (Å²) < 4.78 is 11.1. The second-order valence-electron chi connectivity index (χ2n) is 4.42. The van der Waals surface area contributed by atoms with E-state index in [1.807, 2.05) is 55.5 Å². The van der Waals surface area contributed by atoms with Gasteiger partial charge < -0.3 is 15.2 Å². The van der Waals surface area contributed by atoms with Crippen LogP contribution in [0.1, 0.15) is 17.2 Å². The van der Waals surface area contributed by atoms with E-state index in [0.717, 1.165) is 22.6 Å². The molecule has 3 heteroatoms. The fourth-order valence-corrected chi connectivity index (χ4v) is 1.96. The molecule has 2 N–H and O–H groups in total. The molecular weight excluding hydrogens is 238 g/mol. The van der Waals surface area contributed by atoms with Gasteiger partial charge in [0.15, 0.2) is 0 Å². The summed E-state index contributed by atoms with van der Waals surface area (Å²) >= 11 is 0. The van der Waals surface area contributed by atoms with Crippen LogP contribution in [0.25, 0.3) is 0 Å². The largest absolute Gasteiger partial charge is 0.496 e. The zero-order valence-corrected chi connectivity index (χ0v) is 11.3. The molecule has 0 aromatic heterocycles. The van der Waals surface area contributed by atoms with E-state index in [4.69, 9.17) is 15.2 Å². The minimum atomic E-state index is -0.212. The number of nitrogens with two attached hydrogens (primary N) is 1. The van der Waals surface area contributed by atoms with Crippen LogP contribution >= 0.6 is 0 Å². The van der Waals surface area contributed by atoms with E-state index in [-0.39, 0.29) is 6.04 Å². The van der Waals surface area contributed by atoms with Gasteiger partial charge in [0.1, 0.15) is 18.1 Å². The van der Waals surface area contributed by atoms with Crippen molar-refractivity contribution in [1.29, 1.82) is 0 Å². The molecule has 2 aromatic carbocycles. The number of aryl methyl sites for hydroxylation is 1. The van der Waals surface area contributed by atoms with Gasteiger partial charge in [-0.3, -0.25) is 0 Å². The third-order valence-corrected chi connectivity index (χ3v) is 3.05. The van der Waals surface area contributed by atoms with Gasteiger partial charge in [0.25, 0.3) is 0 Å². The van der Waals surface area contributed by atoms with Crippen LogP contribution in [0.4, 0.5) is 0 Å². The molecule has 0 saturated carbocycles. The summed E-state index contributed by atoms with van der Waals surface area (Å²) in [7, 11) is 1.65. The molecule has 0 amide bonds. The number of hydrogen-bond donors (Lipinski definition) is 1. The quantitative estimate of drug-likeness (QED) is 0.895. The maximum absolute atomic E-state index is 6.16. The van der Waals surface area contributed by atoms with E-state index in [1.165, 1.54) is 0 Å². The molecule has 0 saturated heterocycles. The minimum Gasteiger partial charge on any atom is -0.496 e. The van der Waals surface area contributed by atoms with Crippen LogP contribution < -0.4 is 15.2 Å². The summed E-state index contributed by atoms with van der Waals surface area (Å²) in [6.45, 7) is 2.44. The Bertz CT molecular complexity index is 540. The molecule has 19 heavy (non-hydrogen) atoms. The van der Waals surface area contributed by atoms with Crippen molar-refractivity contribution in [2.24, 2.45) is 5.73 Å². The van der Waals surface area contributed by atoms with Crippen molar-refractivity contribution < 1.29 is 9.47 Å². The zero-order valence-electron chi connectivity index (χ0n) is 11.3. The Labute approximate surface area is 114 Å². The van der Waals surface area contributed by atoms with Gasteiger partial charge in [0.05, 0.1) is 13.2 Å². The third-order valence-electron chi connectivity index (χ3n) is 3.05. The van der Waals surface area contributed by atoms with E-state index >= 15 is 0 Å². The Morgan fingerprint density at radius 3 is 2.32 bits per heavy atom. The van der Waals surface area contributed by atoms with Gasteiger partial charge in [-0.2, -0.15) is 0 Å². The second-order valence-corrected chi connectivity index (χ2v) is 4.42. The van der Waals surface area contributed by atoms with E-state index in [0.29, 0.717) is 6.61 Å². The van der Waals surface area contributed by atoms with Gasteiger partial charge in [-0.15, -0.1) is 0 Å². The molecule has 1 unspecified atom stereocenters. The molecule has 2 rings (SSSR count). The number of benzene rings is 2. The lowest BCUT2D eigenvalue weighted by Crippen LogP contribution is -2.19. The SMILES string of the molecule is COc1ccccc1C(N)COc1ccccc1C. The first-order valence-corrected chi connectivity index (χ1v) is 6.29. The molecule has 0 spiro atoms. The summed E-state index contributed by atoms with van der Waals surface area (Å²) in [5, 5.41) is 0. The summed E-state index contributed by atoms with van der Waals surface area (Å²) in [6.07, 6.45) is 0. The van der Waals surface area contributed by atoms with Crippen LogP contribution in [0.3, 0.4) is 0 Å². The Balaban J connectivity index is 2.05. The van der Waals surface area contributed by atoms with Gasteiger partial charge in [0.2, 0.25) is 0 Å². The first kappa shape index (κ1) is 13.4. The highest BCUT2D eigenvalue weighted by molar-refractivity contribution is 5.36.